The standard InChI is InChI=1S/C17H17N3O4S3/c1-24-13-5-2-4-12(10-13)7-8-18-16(21)14-11-26-17(19-14)20-27(22,23)15-6-3-9-25-15/h2-6,9-11H,7-8H2,1H3,(H,18,21)(H,19,20). The van der Waals surface area contributed by atoms with Crippen molar-refractivity contribution in [2.75, 3.05) is 18.4 Å². The molecule has 0 aliphatic heterocycles. The van der Waals surface area contributed by atoms with Crippen LogP contribution < -0.4 is 14.8 Å². The van der Waals surface area contributed by atoms with Crippen LogP contribution in [0.4, 0.5) is 5.13 Å². The molecule has 2 heterocycles. The number of nitrogens with one attached hydrogen (secondary N) is 2. The van der Waals surface area contributed by atoms with Gasteiger partial charge in [0.15, 0.2) is 5.13 Å². The fourth-order valence-electron chi connectivity index (χ4n) is 2.25. The summed E-state index contributed by atoms with van der Waals surface area (Å²) in [6, 6.07) is 10.8. The molecule has 0 aliphatic rings. The minimum Gasteiger partial charge on any atom is -0.497 e. The molecule has 0 aliphatic carbocycles. The second-order valence-corrected chi connectivity index (χ2v) is 9.15. The lowest BCUT2D eigenvalue weighted by molar-refractivity contribution is 0.0950. The average molecular weight is 424 g/mol. The van der Waals surface area contributed by atoms with Gasteiger partial charge in [-0.3, -0.25) is 9.52 Å². The minimum atomic E-state index is -3.67. The number of nitrogens with zero attached hydrogens (tertiary/aromatic N) is 1. The molecule has 27 heavy (non-hydrogen) atoms. The second kappa shape index (κ2) is 8.51. The Morgan fingerprint density at radius 2 is 2.07 bits per heavy atom. The monoisotopic (exact) mass is 423 g/mol. The number of carbonyl (C=O) groups excluding carboxylic acids is 1. The Morgan fingerprint density at radius 3 is 2.81 bits per heavy atom. The van der Waals surface area contributed by atoms with E-state index in [1.165, 1.54) is 11.4 Å². The maximum Gasteiger partial charge on any atom is 0.273 e. The van der Waals surface area contributed by atoms with Gasteiger partial charge in [0.05, 0.1) is 7.11 Å². The quantitative estimate of drug-likeness (QED) is 0.580. The Morgan fingerprint density at radius 1 is 1.22 bits per heavy atom. The zero-order chi connectivity index (χ0) is 19.3. The summed E-state index contributed by atoms with van der Waals surface area (Å²) in [6.45, 7) is 0.430. The van der Waals surface area contributed by atoms with Gasteiger partial charge in [-0.15, -0.1) is 22.7 Å². The Balaban J connectivity index is 1.55. The van der Waals surface area contributed by atoms with Gasteiger partial charge < -0.3 is 10.1 Å². The molecule has 7 nitrogen and oxygen atoms in total. The molecule has 1 aromatic carbocycles. The molecule has 0 saturated heterocycles. The van der Waals surface area contributed by atoms with Crippen LogP contribution in [-0.4, -0.2) is 33.0 Å². The molecule has 0 unspecified atom stereocenters. The summed E-state index contributed by atoms with van der Waals surface area (Å²) in [5.41, 5.74) is 1.21. The lowest BCUT2D eigenvalue weighted by Gasteiger charge is -2.05. The van der Waals surface area contributed by atoms with E-state index in [0.29, 0.717) is 13.0 Å². The van der Waals surface area contributed by atoms with Crippen molar-refractivity contribution >= 4 is 43.7 Å². The highest BCUT2D eigenvalue weighted by Gasteiger charge is 2.18. The fourth-order valence-corrected chi connectivity index (χ4v) is 5.18. The lowest BCUT2D eigenvalue weighted by atomic mass is 10.1. The Hall–Kier alpha value is -2.43. The highest BCUT2D eigenvalue weighted by Crippen LogP contribution is 2.22. The molecule has 10 heteroatoms. The number of thiophene rings is 1. The van der Waals surface area contributed by atoms with Gasteiger partial charge in [0.25, 0.3) is 15.9 Å². The van der Waals surface area contributed by atoms with Crippen molar-refractivity contribution in [3.05, 3.63) is 58.4 Å². The van der Waals surface area contributed by atoms with Gasteiger partial charge in [0.2, 0.25) is 0 Å². The van der Waals surface area contributed by atoms with Crippen molar-refractivity contribution in [2.45, 2.75) is 10.6 Å². The number of methoxy groups -OCH3 is 1. The number of carbonyl (C=O) groups is 1. The van der Waals surface area contributed by atoms with E-state index in [9.17, 15) is 13.2 Å². The van der Waals surface area contributed by atoms with E-state index in [-0.39, 0.29) is 20.9 Å². The van der Waals surface area contributed by atoms with E-state index in [2.05, 4.69) is 15.0 Å². The van der Waals surface area contributed by atoms with Crippen LogP contribution in [0.3, 0.4) is 0 Å². The summed E-state index contributed by atoms with van der Waals surface area (Å²) >= 11 is 2.17. The highest BCUT2D eigenvalue weighted by atomic mass is 32.2. The van der Waals surface area contributed by atoms with E-state index < -0.39 is 10.0 Å². The zero-order valence-electron chi connectivity index (χ0n) is 14.3. The summed E-state index contributed by atoms with van der Waals surface area (Å²) in [5.74, 6) is 0.414. The summed E-state index contributed by atoms with van der Waals surface area (Å²) in [6.07, 6.45) is 0.644. The molecule has 0 atom stereocenters. The van der Waals surface area contributed by atoms with Crippen molar-refractivity contribution in [1.29, 1.82) is 0 Å². The lowest BCUT2D eigenvalue weighted by Crippen LogP contribution is -2.26. The third-order valence-corrected chi connectivity index (χ3v) is 7.18. The van der Waals surface area contributed by atoms with Crippen LogP contribution in [0.15, 0.2) is 51.4 Å². The molecule has 3 aromatic rings. The van der Waals surface area contributed by atoms with E-state index in [1.807, 2.05) is 24.3 Å². The molecule has 2 N–H and O–H groups in total. The van der Waals surface area contributed by atoms with Gasteiger partial charge >= 0.3 is 0 Å². The van der Waals surface area contributed by atoms with E-state index in [0.717, 1.165) is 34.0 Å². The predicted octanol–water partition coefficient (Wildman–Crippen LogP) is 2.99. The van der Waals surface area contributed by atoms with Crippen LogP contribution in [0.2, 0.25) is 0 Å². The van der Waals surface area contributed by atoms with E-state index in [1.54, 1.807) is 18.6 Å². The van der Waals surface area contributed by atoms with Crippen LogP contribution in [0.25, 0.3) is 0 Å². The predicted molar refractivity (Wildman–Crippen MR) is 106 cm³/mol. The Kier molecular flexibility index (Phi) is 6.09. The third-order valence-electron chi connectivity index (χ3n) is 3.55. The molecule has 0 spiro atoms. The van der Waals surface area contributed by atoms with E-state index >= 15 is 0 Å². The van der Waals surface area contributed by atoms with Crippen LogP contribution in [-0.2, 0) is 16.4 Å². The molecular formula is C17H17N3O4S3. The summed E-state index contributed by atoms with van der Waals surface area (Å²) < 4.78 is 32.1. The first-order valence-electron chi connectivity index (χ1n) is 7.91. The summed E-state index contributed by atoms with van der Waals surface area (Å²) in [4.78, 5) is 16.3. The number of rotatable bonds is 8. The Labute approximate surface area is 165 Å². The number of anilines is 1. The normalized spacial score (nSPS) is 11.1. The molecule has 1 amide bonds. The molecule has 2 aromatic heterocycles. The first kappa shape index (κ1) is 19.3. The number of hydrogen-bond donors (Lipinski definition) is 2. The van der Waals surface area contributed by atoms with Gasteiger partial charge in [-0.05, 0) is 35.6 Å². The number of sulfonamides is 1. The largest absolute Gasteiger partial charge is 0.497 e. The summed E-state index contributed by atoms with van der Waals surface area (Å²) in [5, 5.41) is 6.13. The van der Waals surface area contributed by atoms with Crippen molar-refractivity contribution in [1.82, 2.24) is 10.3 Å². The molecule has 0 bridgehead atoms. The topological polar surface area (TPSA) is 97.4 Å². The van der Waals surface area contributed by atoms with Crippen LogP contribution in [0.1, 0.15) is 16.1 Å². The SMILES string of the molecule is COc1cccc(CCNC(=O)c2csc(NS(=O)(=O)c3cccs3)n2)c1. The molecule has 3 rings (SSSR count). The molecule has 0 saturated carbocycles. The van der Waals surface area contributed by atoms with Crippen molar-refractivity contribution in [2.24, 2.45) is 0 Å². The first-order chi connectivity index (χ1) is 13.0. The number of thiazole rings is 1. The van der Waals surface area contributed by atoms with Gasteiger partial charge in [-0.2, -0.15) is 0 Å². The first-order valence-corrected chi connectivity index (χ1v) is 11.1. The number of amides is 1. The van der Waals surface area contributed by atoms with Crippen LogP contribution >= 0.6 is 22.7 Å². The number of hydrogen-bond acceptors (Lipinski definition) is 7. The van der Waals surface area contributed by atoms with Gasteiger partial charge in [0, 0.05) is 11.9 Å². The minimum absolute atomic E-state index is 0.154. The van der Waals surface area contributed by atoms with Crippen LogP contribution in [0.5, 0.6) is 5.75 Å². The van der Waals surface area contributed by atoms with Crippen molar-refractivity contribution in [3.63, 3.8) is 0 Å². The van der Waals surface area contributed by atoms with Crippen molar-refractivity contribution in [3.8, 4) is 5.75 Å². The average Bonchev–Trinajstić information content (AvgIpc) is 3.34. The van der Waals surface area contributed by atoms with Crippen LogP contribution in [0, 0.1) is 0 Å². The van der Waals surface area contributed by atoms with Gasteiger partial charge in [-0.25, -0.2) is 13.4 Å². The van der Waals surface area contributed by atoms with Gasteiger partial charge in [0.1, 0.15) is 15.7 Å². The fraction of sp³-hybridized carbons (Fsp3) is 0.176. The molecule has 142 valence electrons. The van der Waals surface area contributed by atoms with Crippen molar-refractivity contribution < 1.29 is 17.9 Å². The number of benzene rings is 1. The maximum atomic E-state index is 12.2. The molecule has 0 radical (unpaired) electrons. The molecule has 0 fully saturated rings. The zero-order valence-corrected chi connectivity index (χ0v) is 16.8. The maximum absolute atomic E-state index is 12.2. The van der Waals surface area contributed by atoms with E-state index in [4.69, 9.17) is 4.74 Å². The smallest absolute Gasteiger partial charge is 0.273 e. The number of aromatic nitrogens is 1. The third kappa shape index (κ3) is 5.06. The summed E-state index contributed by atoms with van der Waals surface area (Å²) in [7, 11) is -2.06. The number of ether oxygens (including phenoxy) is 1. The Bertz CT molecular complexity index is 1010. The van der Waals surface area contributed by atoms with Gasteiger partial charge in [-0.1, -0.05) is 18.2 Å². The highest BCUT2D eigenvalue weighted by molar-refractivity contribution is 7.94. The molecular weight excluding hydrogens is 406 g/mol. The second-order valence-electron chi connectivity index (χ2n) is 5.43.